The first-order chi connectivity index (χ1) is 7.40. The van der Waals surface area contributed by atoms with E-state index in [4.69, 9.17) is 5.11 Å². The molecule has 0 aromatic heterocycles. The van der Waals surface area contributed by atoms with Crippen LogP contribution in [0.4, 0.5) is 0 Å². The van der Waals surface area contributed by atoms with Gasteiger partial charge in [-0.3, -0.25) is 9.59 Å². The molecule has 1 rings (SSSR count). The number of carbonyl (C=O) groups excluding carboxylic acids is 1. The third-order valence-corrected chi connectivity index (χ3v) is 2.20. The summed E-state index contributed by atoms with van der Waals surface area (Å²) in [5.74, 6) is -1.40. The van der Waals surface area contributed by atoms with E-state index in [0.717, 1.165) is 11.1 Å². The number of aryl methyl sites for hydroxylation is 2. The van der Waals surface area contributed by atoms with Crippen LogP contribution in [-0.4, -0.2) is 23.0 Å². The van der Waals surface area contributed by atoms with E-state index in [1.807, 2.05) is 19.9 Å². The zero-order valence-corrected chi connectivity index (χ0v) is 9.57. The molecule has 0 aliphatic rings. The minimum atomic E-state index is -1.04. The van der Waals surface area contributed by atoms with Crippen molar-refractivity contribution in [3.8, 4) is 0 Å². The monoisotopic (exact) mass is 221 g/mol. The molecule has 0 unspecified atom stereocenters. The molecule has 0 saturated heterocycles. The lowest BCUT2D eigenvalue weighted by molar-refractivity contribution is -0.138. The second-order valence-corrected chi connectivity index (χ2v) is 3.91. The Morgan fingerprint density at radius 2 is 1.69 bits per heavy atom. The number of nitrogens with one attached hydrogen (secondary N) is 1. The van der Waals surface area contributed by atoms with Gasteiger partial charge in [0.2, 0.25) is 0 Å². The van der Waals surface area contributed by atoms with Gasteiger partial charge in [0.15, 0.2) is 0 Å². The Hall–Kier alpha value is -1.84. The van der Waals surface area contributed by atoms with Gasteiger partial charge in [-0.25, -0.2) is 0 Å². The third kappa shape index (κ3) is 3.08. The van der Waals surface area contributed by atoms with Crippen molar-refractivity contribution in [2.24, 2.45) is 0 Å². The van der Waals surface area contributed by atoms with Crippen LogP contribution < -0.4 is 5.32 Å². The van der Waals surface area contributed by atoms with E-state index in [1.54, 1.807) is 12.1 Å². The Bertz CT molecular complexity index is 406. The van der Waals surface area contributed by atoms with Crippen molar-refractivity contribution in [2.75, 3.05) is 0 Å². The van der Waals surface area contributed by atoms with Gasteiger partial charge in [-0.2, -0.15) is 0 Å². The second kappa shape index (κ2) is 4.79. The fourth-order valence-corrected chi connectivity index (χ4v) is 1.45. The molecule has 4 nitrogen and oxygen atoms in total. The molecule has 0 aliphatic heterocycles. The number of rotatable bonds is 3. The highest BCUT2D eigenvalue weighted by atomic mass is 16.4. The van der Waals surface area contributed by atoms with Crippen molar-refractivity contribution < 1.29 is 14.7 Å². The fourth-order valence-electron chi connectivity index (χ4n) is 1.45. The van der Waals surface area contributed by atoms with Crippen LogP contribution in [0.15, 0.2) is 18.2 Å². The van der Waals surface area contributed by atoms with Gasteiger partial charge in [-0.15, -0.1) is 0 Å². The van der Waals surface area contributed by atoms with Gasteiger partial charge in [-0.05, 0) is 32.9 Å². The number of carboxylic acid groups (broad SMARTS) is 1. The molecule has 16 heavy (non-hydrogen) atoms. The van der Waals surface area contributed by atoms with Crippen LogP contribution in [0.1, 0.15) is 28.4 Å². The maximum atomic E-state index is 11.7. The predicted octanol–water partition coefficient (Wildman–Crippen LogP) is 1.51. The summed E-state index contributed by atoms with van der Waals surface area (Å²) in [6.07, 6.45) is 0. The van der Waals surface area contributed by atoms with Gasteiger partial charge in [-0.1, -0.05) is 17.2 Å². The summed E-state index contributed by atoms with van der Waals surface area (Å²) < 4.78 is 0. The zero-order chi connectivity index (χ0) is 12.3. The highest BCUT2D eigenvalue weighted by Crippen LogP contribution is 2.08. The summed E-state index contributed by atoms with van der Waals surface area (Å²) >= 11 is 0. The molecular weight excluding hydrogens is 206 g/mol. The predicted molar refractivity (Wildman–Crippen MR) is 60.5 cm³/mol. The summed E-state index contributed by atoms with van der Waals surface area (Å²) in [6.45, 7) is 5.22. The lowest BCUT2D eigenvalue weighted by Gasteiger charge is -2.10. The lowest BCUT2D eigenvalue weighted by Crippen LogP contribution is -2.38. The minimum absolute atomic E-state index is 0.360. The second-order valence-electron chi connectivity index (χ2n) is 3.91. The molecule has 1 amide bonds. The van der Waals surface area contributed by atoms with Crippen molar-refractivity contribution in [3.63, 3.8) is 0 Å². The lowest BCUT2D eigenvalue weighted by atomic mass is 10.1. The van der Waals surface area contributed by atoms with Crippen LogP contribution in [0.2, 0.25) is 0 Å². The maximum Gasteiger partial charge on any atom is 0.325 e. The Kier molecular flexibility index (Phi) is 3.66. The van der Waals surface area contributed by atoms with Gasteiger partial charge in [0, 0.05) is 5.56 Å². The van der Waals surface area contributed by atoms with Crippen molar-refractivity contribution in [2.45, 2.75) is 26.8 Å². The number of hydrogen-bond acceptors (Lipinski definition) is 2. The van der Waals surface area contributed by atoms with Crippen LogP contribution in [-0.2, 0) is 4.79 Å². The van der Waals surface area contributed by atoms with Crippen LogP contribution in [0.5, 0.6) is 0 Å². The largest absolute Gasteiger partial charge is 0.480 e. The highest BCUT2D eigenvalue weighted by molar-refractivity contribution is 5.96. The smallest absolute Gasteiger partial charge is 0.325 e. The maximum absolute atomic E-state index is 11.7. The average Bonchev–Trinajstić information content (AvgIpc) is 2.15. The van der Waals surface area contributed by atoms with Gasteiger partial charge in [0.1, 0.15) is 6.04 Å². The van der Waals surface area contributed by atoms with E-state index in [-0.39, 0.29) is 5.91 Å². The molecule has 0 radical (unpaired) electrons. The summed E-state index contributed by atoms with van der Waals surface area (Å²) in [5, 5.41) is 11.1. The number of carboxylic acids is 1. The minimum Gasteiger partial charge on any atom is -0.480 e. The molecule has 86 valence electrons. The van der Waals surface area contributed by atoms with E-state index in [1.165, 1.54) is 6.92 Å². The fraction of sp³-hybridized carbons (Fsp3) is 0.333. The first kappa shape index (κ1) is 12.2. The molecule has 1 aromatic rings. The van der Waals surface area contributed by atoms with E-state index in [9.17, 15) is 9.59 Å². The zero-order valence-electron chi connectivity index (χ0n) is 9.57. The van der Waals surface area contributed by atoms with E-state index in [0.29, 0.717) is 5.56 Å². The van der Waals surface area contributed by atoms with Crippen molar-refractivity contribution in [3.05, 3.63) is 34.9 Å². The topological polar surface area (TPSA) is 66.4 Å². The SMILES string of the molecule is Cc1cc(C)cc(C(=O)N[C@H](C)C(=O)O)c1. The van der Waals surface area contributed by atoms with Crippen LogP contribution in [0.25, 0.3) is 0 Å². The summed E-state index contributed by atoms with van der Waals surface area (Å²) in [6, 6.07) is 4.54. The number of hydrogen-bond donors (Lipinski definition) is 2. The Balaban J connectivity index is 2.84. The molecule has 4 heteroatoms. The van der Waals surface area contributed by atoms with Crippen molar-refractivity contribution in [1.82, 2.24) is 5.32 Å². The Morgan fingerprint density at radius 3 is 2.12 bits per heavy atom. The normalized spacial score (nSPS) is 11.9. The molecule has 1 aromatic carbocycles. The van der Waals surface area contributed by atoms with Crippen LogP contribution >= 0.6 is 0 Å². The third-order valence-electron chi connectivity index (χ3n) is 2.20. The molecule has 0 saturated carbocycles. The average molecular weight is 221 g/mol. The molecule has 0 spiro atoms. The molecular formula is C12H15NO3. The summed E-state index contributed by atoms with van der Waals surface area (Å²) in [5.41, 5.74) is 2.45. The summed E-state index contributed by atoms with van der Waals surface area (Å²) in [4.78, 5) is 22.3. The van der Waals surface area contributed by atoms with Crippen molar-refractivity contribution in [1.29, 1.82) is 0 Å². The Morgan fingerprint density at radius 1 is 1.19 bits per heavy atom. The number of amides is 1. The molecule has 0 fully saturated rings. The van der Waals surface area contributed by atoms with Crippen molar-refractivity contribution >= 4 is 11.9 Å². The Labute approximate surface area is 94.3 Å². The van der Waals surface area contributed by atoms with Crippen LogP contribution in [0, 0.1) is 13.8 Å². The quantitative estimate of drug-likeness (QED) is 0.813. The van der Waals surface area contributed by atoms with Gasteiger partial charge in [0.25, 0.3) is 5.91 Å². The first-order valence-corrected chi connectivity index (χ1v) is 5.02. The van der Waals surface area contributed by atoms with Gasteiger partial charge < -0.3 is 10.4 Å². The van der Waals surface area contributed by atoms with Crippen LogP contribution in [0.3, 0.4) is 0 Å². The molecule has 0 heterocycles. The molecule has 0 bridgehead atoms. The van der Waals surface area contributed by atoms with E-state index >= 15 is 0 Å². The number of carbonyl (C=O) groups is 2. The highest BCUT2D eigenvalue weighted by Gasteiger charge is 2.15. The van der Waals surface area contributed by atoms with Gasteiger partial charge in [0.05, 0.1) is 0 Å². The van der Waals surface area contributed by atoms with Gasteiger partial charge >= 0.3 is 5.97 Å². The molecule has 0 aliphatic carbocycles. The standard InChI is InChI=1S/C12H15NO3/c1-7-4-8(2)6-10(5-7)11(14)13-9(3)12(15)16/h4-6,9H,1-3H3,(H,13,14)(H,15,16)/t9-/m1/s1. The number of aliphatic carboxylic acids is 1. The summed E-state index contributed by atoms with van der Waals surface area (Å²) in [7, 11) is 0. The molecule has 2 N–H and O–H groups in total. The first-order valence-electron chi connectivity index (χ1n) is 5.02. The van der Waals surface area contributed by atoms with E-state index < -0.39 is 12.0 Å². The molecule has 1 atom stereocenters. The van der Waals surface area contributed by atoms with E-state index in [2.05, 4.69) is 5.32 Å². The number of benzene rings is 1.